The molecule has 0 aliphatic heterocycles. The molecule has 0 unspecified atom stereocenters. The molecular formula is C14H15ClN2OS. The number of carbonyl (C=O) groups is 1. The normalized spacial score (nSPS) is 9.53. The van der Waals surface area contributed by atoms with Crippen LogP contribution in [-0.4, -0.2) is 17.1 Å². The highest BCUT2D eigenvalue weighted by atomic mass is 35.5. The number of rotatable bonds is 4. The lowest BCUT2D eigenvalue weighted by Crippen LogP contribution is -2.22. The van der Waals surface area contributed by atoms with Crippen molar-refractivity contribution in [1.29, 1.82) is 0 Å². The van der Waals surface area contributed by atoms with Crippen molar-refractivity contribution >= 4 is 30.1 Å². The number of halogens is 1. The molecule has 0 atom stereocenters. The second-order valence-electron chi connectivity index (χ2n) is 3.77. The molecule has 0 aliphatic rings. The maximum absolute atomic E-state index is 11.8. The Morgan fingerprint density at radius 2 is 2.00 bits per heavy atom. The molecule has 0 fully saturated rings. The van der Waals surface area contributed by atoms with E-state index in [4.69, 9.17) is 0 Å². The largest absolute Gasteiger partial charge is 0.348 e. The fourth-order valence-corrected chi connectivity index (χ4v) is 1.93. The molecule has 1 amide bonds. The van der Waals surface area contributed by atoms with Gasteiger partial charge in [-0.15, -0.1) is 24.2 Å². The fourth-order valence-electron chi connectivity index (χ4n) is 1.52. The first-order valence-electron chi connectivity index (χ1n) is 5.61. The van der Waals surface area contributed by atoms with Gasteiger partial charge in [0.05, 0.1) is 5.56 Å². The van der Waals surface area contributed by atoms with Crippen molar-refractivity contribution < 1.29 is 4.79 Å². The SMILES string of the molecule is CSc1ccc(CNC(=O)c2cccnc2)cc1.Cl. The lowest BCUT2D eigenvalue weighted by atomic mass is 10.2. The van der Waals surface area contributed by atoms with E-state index in [1.54, 1.807) is 36.3 Å². The molecule has 0 aliphatic carbocycles. The predicted molar refractivity (Wildman–Crippen MR) is 80.9 cm³/mol. The van der Waals surface area contributed by atoms with Gasteiger partial charge in [0.15, 0.2) is 0 Å². The van der Waals surface area contributed by atoms with E-state index in [1.165, 1.54) is 4.90 Å². The van der Waals surface area contributed by atoms with Gasteiger partial charge in [-0.2, -0.15) is 0 Å². The van der Waals surface area contributed by atoms with Crippen LogP contribution in [0.25, 0.3) is 0 Å². The minimum Gasteiger partial charge on any atom is -0.348 e. The minimum atomic E-state index is -0.1000. The van der Waals surface area contributed by atoms with Crippen LogP contribution in [0.1, 0.15) is 15.9 Å². The molecule has 0 saturated carbocycles. The van der Waals surface area contributed by atoms with E-state index in [2.05, 4.69) is 22.4 Å². The summed E-state index contributed by atoms with van der Waals surface area (Å²) in [6.07, 6.45) is 5.25. The van der Waals surface area contributed by atoms with Crippen LogP contribution < -0.4 is 5.32 Å². The van der Waals surface area contributed by atoms with E-state index in [0.717, 1.165) is 5.56 Å². The number of pyridine rings is 1. The number of amides is 1. The Labute approximate surface area is 123 Å². The maximum atomic E-state index is 11.8. The highest BCUT2D eigenvalue weighted by Gasteiger charge is 2.04. The van der Waals surface area contributed by atoms with Gasteiger partial charge in [0.2, 0.25) is 0 Å². The summed E-state index contributed by atoms with van der Waals surface area (Å²) in [4.78, 5) is 16.9. The lowest BCUT2D eigenvalue weighted by Gasteiger charge is -2.05. The Morgan fingerprint density at radius 3 is 2.58 bits per heavy atom. The van der Waals surface area contributed by atoms with Crippen molar-refractivity contribution in [3.63, 3.8) is 0 Å². The number of hydrogen-bond acceptors (Lipinski definition) is 3. The van der Waals surface area contributed by atoms with Gasteiger partial charge < -0.3 is 5.32 Å². The zero-order valence-corrected chi connectivity index (χ0v) is 12.1. The summed E-state index contributed by atoms with van der Waals surface area (Å²) in [5.74, 6) is -0.1000. The van der Waals surface area contributed by atoms with Gasteiger partial charge in [-0.1, -0.05) is 12.1 Å². The lowest BCUT2D eigenvalue weighted by molar-refractivity contribution is 0.0950. The fraction of sp³-hybridized carbons (Fsp3) is 0.143. The quantitative estimate of drug-likeness (QED) is 0.881. The van der Waals surface area contributed by atoms with Crippen LogP contribution in [-0.2, 0) is 6.54 Å². The first-order chi connectivity index (χ1) is 8.79. The molecule has 5 heteroatoms. The number of benzene rings is 1. The van der Waals surface area contributed by atoms with Crippen LogP contribution in [0.2, 0.25) is 0 Å². The highest BCUT2D eigenvalue weighted by molar-refractivity contribution is 7.98. The van der Waals surface area contributed by atoms with Crippen molar-refractivity contribution in [3.05, 3.63) is 59.9 Å². The average Bonchev–Trinajstić information content (AvgIpc) is 2.46. The van der Waals surface area contributed by atoms with Gasteiger partial charge in [0, 0.05) is 23.8 Å². The monoisotopic (exact) mass is 294 g/mol. The van der Waals surface area contributed by atoms with E-state index in [0.29, 0.717) is 12.1 Å². The van der Waals surface area contributed by atoms with Crippen molar-refractivity contribution in [2.75, 3.05) is 6.26 Å². The minimum absolute atomic E-state index is 0. The topological polar surface area (TPSA) is 42.0 Å². The van der Waals surface area contributed by atoms with Crippen LogP contribution in [0.5, 0.6) is 0 Å². The molecule has 1 aromatic carbocycles. The van der Waals surface area contributed by atoms with Crippen LogP contribution in [0.4, 0.5) is 0 Å². The zero-order valence-electron chi connectivity index (χ0n) is 10.5. The molecule has 3 nitrogen and oxygen atoms in total. The molecule has 0 bridgehead atoms. The molecule has 19 heavy (non-hydrogen) atoms. The smallest absolute Gasteiger partial charge is 0.253 e. The molecule has 100 valence electrons. The standard InChI is InChI=1S/C14H14N2OS.ClH/c1-18-13-6-4-11(5-7-13)9-16-14(17)12-3-2-8-15-10-12;/h2-8,10H,9H2,1H3,(H,16,17);1H. The molecule has 2 rings (SSSR count). The number of nitrogens with zero attached hydrogens (tertiary/aromatic N) is 1. The molecule has 2 aromatic rings. The summed E-state index contributed by atoms with van der Waals surface area (Å²) < 4.78 is 0. The Kier molecular flexibility index (Phi) is 6.39. The van der Waals surface area contributed by atoms with E-state index < -0.39 is 0 Å². The Morgan fingerprint density at radius 1 is 1.26 bits per heavy atom. The van der Waals surface area contributed by atoms with Crippen molar-refractivity contribution in [3.8, 4) is 0 Å². The summed E-state index contributed by atoms with van der Waals surface area (Å²) >= 11 is 1.70. The molecular weight excluding hydrogens is 280 g/mol. The van der Waals surface area contributed by atoms with Crippen LogP contribution >= 0.6 is 24.2 Å². The average molecular weight is 295 g/mol. The van der Waals surface area contributed by atoms with Crippen molar-refractivity contribution in [2.45, 2.75) is 11.4 Å². The summed E-state index contributed by atoms with van der Waals surface area (Å²) in [7, 11) is 0. The summed E-state index contributed by atoms with van der Waals surface area (Å²) in [6.45, 7) is 0.530. The number of thioether (sulfide) groups is 1. The summed E-state index contributed by atoms with van der Waals surface area (Å²) in [5, 5.41) is 2.87. The third kappa shape index (κ3) is 4.58. The number of nitrogens with one attached hydrogen (secondary N) is 1. The number of hydrogen-bond donors (Lipinski definition) is 1. The molecule has 1 heterocycles. The predicted octanol–water partition coefficient (Wildman–Crippen LogP) is 3.16. The molecule has 0 saturated heterocycles. The van der Waals surface area contributed by atoms with Gasteiger partial charge in [-0.25, -0.2) is 0 Å². The van der Waals surface area contributed by atoms with E-state index >= 15 is 0 Å². The van der Waals surface area contributed by atoms with E-state index in [1.807, 2.05) is 18.4 Å². The number of carbonyl (C=O) groups excluding carboxylic acids is 1. The Hall–Kier alpha value is -1.52. The van der Waals surface area contributed by atoms with Crippen LogP contribution in [0.15, 0.2) is 53.7 Å². The molecule has 0 radical (unpaired) electrons. The van der Waals surface area contributed by atoms with Crippen LogP contribution in [0, 0.1) is 0 Å². The third-order valence-corrected chi connectivity index (χ3v) is 3.28. The van der Waals surface area contributed by atoms with Crippen molar-refractivity contribution in [2.24, 2.45) is 0 Å². The number of aromatic nitrogens is 1. The summed E-state index contributed by atoms with van der Waals surface area (Å²) in [6, 6.07) is 11.7. The highest BCUT2D eigenvalue weighted by Crippen LogP contribution is 2.14. The Bertz CT molecular complexity index is 517. The first kappa shape index (κ1) is 15.5. The third-order valence-electron chi connectivity index (χ3n) is 2.54. The van der Waals surface area contributed by atoms with E-state index in [-0.39, 0.29) is 18.3 Å². The van der Waals surface area contributed by atoms with Gasteiger partial charge in [-0.05, 0) is 36.1 Å². The first-order valence-corrected chi connectivity index (χ1v) is 6.83. The second-order valence-corrected chi connectivity index (χ2v) is 4.65. The Balaban J connectivity index is 0.00000180. The second kappa shape index (κ2) is 7.81. The van der Waals surface area contributed by atoms with Crippen molar-refractivity contribution in [1.82, 2.24) is 10.3 Å². The van der Waals surface area contributed by atoms with Crippen LogP contribution in [0.3, 0.4) is 0 Å². The molecule has 1 N–H and O–H groups in total. The maximum Gasteiger partial charge on any atom is 0.253 e. The molecule has 0 spiro atoms. The van der Waals surface area contributed by atoms with Gasteiger partial charge in [-0.3, -0.25) is 9.78 Å². The van der Waals surface area contributed by atoms with Gasteiger partial charge >= 0.3 is 0 Å². The molecule has 1 aromatic heterocycles. The van der Waals surface area contributed by atoms with Gasteiger partial charge in [0.1, 0.15) is 0 Å². The zero-order chi connectivity index (χ0) is 12.8. The van der Waals surface area contributed by atoms with Gasteiger partial charge in [0.25, 0.3) is 5.91 Å². The van der Waals surface area contributed by atoms with E-state index in [9.17, 15) is 4.79 Å². The summed E-state index contributed by atoms with van der Waals surface area (Å²) in [5.41, 5.74) is 1.67.